The molecule has 0 spiro atoms. The minimum Gasteiger partial charge on any atom is -0.481 e. The fraction of sp³-hybridized carbons (Fsp3) is 0.532. The van der Waals surface area contributed by atoms with Gasteiger partial charge in [0.2, 0.25) is 29.5 Å². The predicted molar refractivity (Wildman–Crippen MR) is 490 cm³/mol. The van der Waals surface area contributed by atoms with Crippen LogP contribution in [0.4, 0.5) is 27.5 Å². The number of Topliss-reactive ketones (excluding diaryl/α,β-unsaturated/α-hetero) is 3. The maximum atomic E-state index is 15.0. The van der Waals surface area contributed by atoms with Crippen LogP contribution >= 0.6 is 0 Å². The Morgan fingerprint density at radius 2 is 1.14 bits per heavy atom. The van der Waals surface area contributed by atoms with Crippen LogP contribution in [0.25, 0.3) is 0 Å². The number of benzene rings is 4. The van der Waals surface area contributed by atoms with Gasteiger partial charge in [0.1, 0.15) is 80.4 Å². The van der Waals surface area contributed by atoms with E-state index in [1.54, 1.807) is 39.0 Å². The molecule has 15 atom stereocenters. The quantitative estimate of drug-likeness (QED) is 0.0162. The molecular weight excluding hydrogens is 1780 g/mol. The average Bonchev–Trinajstić information content (AvgIpc) is 1.57. The van der Waals surface area contributed by atoms with Crippen LogP contribution in [-0.4, -0.2) is 324 Å². The van der Waals surface area contributed by atoms with E-state index in [1.165, 1.54) is 41.3 Å². The first-order valence-electron chi connectivity index (χ1n) is 45.1. The van der Waals surface area contributed by atoms with E-state index in [0.29, 0.717) is 46.0 Å². The molecule has 0 saturated heterocycles. The second-order valence-corrected chi connectivity index (χ2v) is 35.9. The number of unbranched alkanes of at least 4 members (excludes halogenated alkanes) is 1. The van der Waals surface area contributed by atoms with Crippen molar-refractivity contribution in [2.75, 3.05) is 94.1 Å². The molecule has 0 bridgehead atoms. The highest BCUT2D eigenvalue weighted by molar-refractivity contribution is 6.09. The Labute approximate surface area is 784 Å². The van der Waals surface area contributed by atoms with Crippen molar-refractivity contribution < 1.29 is 153 Å². The van der Waals surface area contributed by atoms with Gasteiger partial charge in [-0.15, -0.1) is 0 Å². The van der Waals surface area contributed by atoms with E-state index >= 15 is 4.79 Å². The summed E-state index contributed by atoms with van der Waals surface area (Å²) in [6.07, 6.45) is -16.6. The zero-order valence-corrected chi connectivity index (χ0v) is 76.9. The Bertz CT molecular complexity index is 5080. The first-order chi connectivity index (χ1) is 64.3. The molecule has 42 heteroatoms. The number of carbonyl (C=O) groups is 15. The molecule has 2 aliphatic carbocycles. The Morgan fingerprint density at radius 1 is 0.574 bits per heavy atom. The van der Waals surface area contributed by atoms with E-state index in [-0.39, 0.29) is 73.1 Å². The fourth-order valence-corrected chi connectivity index (χ4v) is 16.2. The summed E-state index contributed by atoms with van der Waals surface area (Å²) in [4.78, 5) is 214. The number of hydrogen-bond donors (Lipinski definition) is 22. The van der Waals surface area contributed by atoms with Gasteiger partial charge in [0, 0.05) is 154 Å². The number of aliphatic hydroxyl groups is 10. The number of aromatic carboxylic acids is 1. The summed E-state index contributed by atoms with van der Waals surface area (Å²) in [6, 6.07) is 14.3. The molecule has 4 aromatic carbocycles. The molecule has 8 rings (SSSR count). The number of para-hydroxylation sites is 2. The molecule has 2 heterocycles. The van der Waals surface area contributed by atoms with Gasteiger partial charge in [0.25, 0.3) is 11.8 Å². The Kier molecular flexibility index (Phi) is 40.7. The van der Waals surface area contributed by atoms with Gasteiger partial charge >= 0.3 is 29.9 Å². The van der Waals surface area contributed by atoms with Crippen molar-refractivity contribution in [2.45, 2.75) is 228 Å². The molecule has 742 valence electrons. The number of ether oxygens (including phenoxy) is 1. The van der Waals surface area contributed by atoms with Crippen LogP contribution in [0.5, 0.6) is 5.75 Å². The zero-order valence-electron chi connectivity index (χ0n) is 76.9. The van der Waals surface area contributed by atoms with Crippen LogP contribution in [0.3, 0.4) is 0 Å². The largest absolute Gasteiger partial charge is 0.481 e. The normalized spacial score (nSPS) is 17.7. The minimum absolute atomic E-state index is 0.0127. The number of nitrogens with zero attached hydrogens (tertiary/aromatic N) is 4. The molecule has 22 N–H and O–H groups in total. The number of carbonyl (C=O) groups excluding carboxylic acids is 11. The molecule has 4 aromatic rings. The number of carboxylic acid groups (broad SMARTS) is 4. The van der Waals surface area contributed by atoms with Gasteiger partial charge in [0.05, 0.1) is 61.4 Å². The van der Waals surface area contributed by atoms with E-state index in [1.807, 2.05) is 80.1 Å². The number of allylic oxidation sites excluding steroid dienone is 4. The number of rotatable bonds is 51. The lowest BCUT2D eigenvalue weighted by molar-refractivity contribution is -0.464. The standard InChI is InChI=1S/C94H126N12O30/c1-94(2,3)76(115)47-106-67-22-12-11-21-66(67)105(55-18-9-8-10-19-55)46-65(90(106)130)102-93(135)98-54-17-15-16-50(38-54)68(109)40-52(24-35-79(118)119)87(127)99-62(31-33-77(116)96-44-70(111)82(122)84(124)72(113)48-107)69(110)41-53(25-36-80(120)121)88(128)100-63(32-34-78(117)97-45-71(112)83(123)85(125)73(114)49-108)89(129)101-64(92(133)134)20-13-14-37-95-86(126)51-23-28-58(61(39-51)91(131)132)81-59-29-26-56(103(4)5)42-74(59)136-75-43-57(104(6)7)27-30-60(75)81/h11-12,15-17,21-23,26-30,38-39,42,52-53,55,62-65,70-73,81-85,107-108,111-114,122-125H,8-10,13-14,18-20,24-25,31-37,40-41,43-49H2,1-7H3,(H11-,95,96,97,98,99,100,101,102,116,117,118,119,120,121,126,127,128,129,131,132,133,134,135)/p+1/t52-,53-,62+,63+,64-,65+,70-,71-,72+,73+,81?,82+,83+,84+,85+/m0/s1. The second-order valence-electron chi connectivity index (χ2n) is 35.9. The number of hydrogen-bond acceptors (Lipinski definition) is 28. The molecule has 136 heavy (non-hydrogen) atoms. The number of amides is 9. The lowest BCUT2D eigenvalue weighted by atomic mass is 9.77. The first kappa shape index (κ1) is 109. The Morgan fingerprint density at radius 3 is 1.71 bits per heavy atom. The van der Waals surface area contributed by atoms with Crippen molar-refractivity contribution in [3.8, 4) is 5.75 Å². The van der Waals surface area contributed by atoms with Crippen molar-refractivity contribution >= 4 is 117 Å². The van der Waals surface area contributed by atoms with Crippen molar-refractivity contribution in [3.63, 3.8) is 0 Å². The van der Waals surface area contributed by atoms with Crippen LogP contribution in [0.2, 0.25) is 0 Å². The van der Waals surface area contributed by atoms with Crippen molar-refractivity contribution in [1.82, 2.24) is 37.2 Å². The fourth-order valence-electron chi connectivity index (χ4n) is 16.2. The highest BCUT2D eigenvalue weighted by Crippen LogP contribution is 2.48. The monoisotopic (exact) mass is 1900 g/mol. The molecule has 1 fully saturated rings. The van der Waals surface area contributed by atoms with Gasteiger partial charge in [-0.2, -0.15) is 0 Å². The third-order valence-corrected chi connectivity index (χ3v) is 24.4. The van der Waals surface area contributed by atoms with Gasteiger partial charge in [-0.3, -0.25) is 57.5 Å². The average molecular weight is 1910 g/mol. The molecule has 2 aliphatic heterocycles. The second kappa shape index (κ2) is 50.9. The molecule has 1 saturated carbocycles. The molecule has 0 aromatic heterocycles. The molecular formula is C94H127N12O30+. The highest BCUT2D eigenvalue weighted by atomic mass is 16.5. The summed E-state index contributed by atoms with van der Waals surface area (Å²) in [5.74, 6) is -18.6. The summed E-state index contributed by atoms with van der Waals surface area (Å²) in [6.45, 7) is 0.899. The lowest BCUT2D eigenvalue weighted by Crippen LogP contribution is -2.55. The van der Waals surface area contributed by atoms with E-state index in [0.717, 1.165) is 43.5 Å². The summed E-state index contributed by atoms with van der Waals surface area (Å²) < 4.78 is 8.42. The van der Waals surface area contributed by atoms with Gasteiger partial charge in [-0.25, -0.2) is 19.0 Å². The van der Waals surface area contributed by atoms with Crippen LogP contribution < -0.4 is 62.0 Å². The van der Waals surface area contributed by atoms with Gasteiger partial charge in [-0.05, 0) is 112 Å². The van der Waals surface area contributed by atoms with Gasteiger partial charge in [0.15, 0.2) is 23.1 Å². The minimum atomic E-state index is -2.18. The van der Waals surface area contributed by atoms with Crippen molar-refractivity contribution in [3.05, 3.63) is 136 Å². The third kappa shape index (κ3) is 30.7. The molecule has 1 unspecified atom stereocenters. The zero-order chi connectivity index (χ0) is 100. The van der Waals surface area contributed by atoms with Crippen LogP contribution in [0, 0.1) is 17.3 Å². The van der Waals surface area contributed by atoms with Crippen LogP contribution in [0.1, 0.15) is 191 Å². The summed E-state index contributed by atoms with van der Waals surface area (Å²) >= 11 is 0. The number of aliphatic carboxylic acids is 3. The van der Waals surface area contributed by atoms with Crippen molar-refractivity contribution in [1.29, 1.82) is 0 Å². The van der Waals surface area contributed by atoms with Gasteiger partial charge in [-0.1, -0.05) is 76.4 Å². The third-order valence-electron chi connectivity index (χ3n) is 24.4. The molecule has 0 radical (unpaired) electrons. The maximum absolute atomic E-state index is 15.0. The smallest absolute Gasteiger partial charge is 0.336 e. The topological polar surface area (TPSA) is 657 Å². The SMILES string of the molecule is CN(C)c1ccc2c(c1)OC1=C(C=CC(=[N+](C)C)C1)C2c1ccc(C(=O)NCCCC[C@H](NC(=O)[C@@H](CCC(=O)NC[C@H](O)[C@@H](O)[C@H](O)[C@H](O)CO)NC(=O)[C@@H](CCC(=O)O)CC(=O)[C@@H](CCC(=O)NC[C@H](O)[C@@H](O)[C@H](O)[C@H](O)CO)NC(=O)[C@@H](CCC(=O)O)CC(=O)c2cccc(NC(=O)N[C@@H]3CN(C4CCCCC4)c4ccccc4N(CC(=O)C(C)(C)C)C3=O)c2)C(=O)O)cc1C(=O)O. The molecule has 4 aliphatic rings. The first-order valence-corrected chi connectivity index (χ1v) is 45.1. The van der Waals surface area contributed by atoms with Crippen LogP contribution in [-0.2, 0) is 52.7 Å². The van der Waals surface area contributed by atoms with Crippen LogP contribution in [0.15, 0.2) is 108 Å². The predicted octanol–water partition coefficient (Wildman–Crippen LogP) is 0.491. The summed E-state index contributed by atoms with van der Waals surface area (Å²) in [5, 5.41) is 162. The molecule has 42 nitrogen and oxygen atoms in total. The van der Waals surface area contributed by atoms with Crippen molar-refractivity contribution in [2.24, 2.45) is 17.3 Å². The number of urea groups is 1. The van der Waals surface area contributed by atoms with E-state index in [9.17, 15) is 139 Å². The Balaban J connectivity index is 1.01. The van der Waals surface area contributed by atoms with E-state index < -0.39 is 270 Å². The summed E-state index contributed by atoms with van der Waals surface area (Å²) in [5.41, 5.74) is 3.43. The maximum Gasteiger partial charge on any atom is 0.336 e. The van der Waals surface area contributed by atoms with E-state index in [2.05, 4.69) is 47.4 Å². The Hall–Kier alpha value is -12.5. The number of fused-ring (bicyclic) bond motifs is 2. The summed E-state index contributed by atoms with van der Waals surface area (Å²) in [7, 11) is 7.49. The number of aliphatic hydroxyl groups excluding tert-OH is 10. The number of anilines is 4. The van der Waals surface area contributed by atoms with E-state index in [4.69, 9.17) is 4.74 Å². The lowest BCUT2D eigenvalue weighted by Gasteiger charge is -2.37. The number of nitrogens with one attached hydrogen (secondary N) is 8. The highest BCUT2D eigenvalue weighted by Gasteiger charge is 2.43. The number of ketones is 3. The van der Waals surface area contributed by atoms with Gasteiger partial charge < -0.3 is 133 Å². The molecule has 9 amide bonds. The number of carboxylic acids is 4.